The van der Waals surface area contributed by atoms with Crippen LogP contribution in [0.3, 0.4) is 0 Å². The molecule has 0 saturated heterocycles. The molecule has 1 aromatic heterocycles. The molecule has 0 aliphatic heterocycles. The van der Waals surface area contributed by atoms with Gasteiger partial charge in [-0.05, 0) is 45.0 Å². The van der Waals surface area contributed by atoms with Crippen LogP contribution in [0.25, 0.3) is 5.69 Å². The van der Waals surface area contributed by atoms with Gasteiger partial charge >= 0.3 is 12.6 Å². The highest BCUT2D eigenvalue weighted by Crippen LogP contribution is 2.19. The average molecular weight is 382 g/mol. The number of amides is 1. The van der Waals surface area contributed by atoms with Crippen LogP contribution in [-0.4, -0.2) is 56.1 Å². The smallest absolute Gasteiger partial charge is 0.387 e. The number of carboxylic acids is 1. The lowest BCUT2D eigenvalue weighted by Gasteiger charge is -2.25. The molecule has 0 radical (unpaired) electrons. The van der Waals surface area contributed by atoms with Crippen molar-refractivity contribution in [2.24, 2.45) is 0 Å². The first kappa shape index (κ1) is 20.3. The van der Waals surface area contributed by atoms with E-state index in [2.05, 4.69) is 15.0 Å². The maximum absolute atomic E-state index is 12.8. The monoisotopic (exact) mass is 382 g/mol. The predicted octanol–water partition coefficient (Wildman–Crippen LogP) is 2.50. The van der Waals surface area contributed by atoms with Crippen molar-refractivity contribution < 1.29 is 28.2 Å². The van der Waals surface area contributed by atoms with Crippen LogP contribution in [-0.2, 0) is 4.79 Å². The van der Waals surface area contributed by atoms with Crippen LogP contribution >= 0.6 is 0 Å². The quantitative estimate of drug-likeness (QED) is 0.753. The molecule has 0 fully saturated rings. The summed E-state index contributed by atoms with van der Waals surface area (Å²) in [5, 5.41) is 16.7. The third kappa shape index (κ3) is 4.99. The van der Waals surface area contributed by atoms with Gasteiger partial charge < -0.3 is 14.7 Å². The molecular formula is C17H20F2N4O4. The van der Waals surface area contributed by atoms with Gasteiger partial charge in [0.2, 0.25) is 0 Å². The first-order valence-electron chi connectivity index (χ1n) is 8.21. The van der Waals surface area contributed by atoms with Crippen LogP contribution in [0.15, 0.2) is 24.3 Å². The SMILES string of the molecule is Cc1c(C(=O)N(CCC(=O)O)C(C)C)nnn1-c1ccc(OC(F)F)cc1. The number of carboxylic acid groups (broad SMARTS) is 1. The average Bonchev–Trinajstić information content (AvgIpc) is 2.96. The number of benzene rings is 1. The second-order valence-electron chi connectivity index (χ2n) is 6.04. The maximum Gasteiger partial charge on any atom is 0.387 e. The van der Waals surface area contributed by atoms with E-state index in [4.69, 9.17) is 5.11 Å². The van der Waals surface area contributed by atoms with Crippen LogP contribution < -0.4 is 4.74 Å². The Balaban J connectivity index is 2.24. The zero-order valence-electron chi connectivity index (χ0n) is 15.1. The molecule has 0 unspecified atom stereocenters. The van der Waals surface area contributed by atoms with Crippen LogP contribution in [0.1, 0.15) is 36.5 Å². The van der Waals surface area contributed by atoms with Gasteiger partial charge in [-0.3, -0.25) is 9.59 Å². The molecule has 0 aliphatic rings. The number of hydrogen-bond acceptors (Lipinski definition) is 5. The number of aliphatic carboxylic acids is 1. The minimum absolute atomic E-state index is 0.00229. The van der Waals surface area contributed by atoms with Gasteiger partial charge in [0, 0.05) is 12.6 Å². The van der Waals surface area contributed by atoms with Crippen molar-refractivity contribution in [1.29, 1.82) is 0 Å². The van der Waals surface area contributed by atoms with E-state index in [1.54, 1.807) is 20.8 Å². The standard InChI is InChI=1S/C17H20F2N4O4/c1-10(2)22(9-8-14(24)25)16(26)15-11(3)23(21-20-15)12-4-6-13(7-5-12)27-17(18)19/h4-7,10,17H,8-9H2,1-3H3,(H,24,25). The summed E-state index contributed by atoms with van der Waals surface area (Å²) in [6.45, 7) is 2.34. The molecule has 0 bridgehead atoms. The highest BCUT2D eigenvalue weighted by Gasteiger charge is 2.25. The Morgan fingerprint density at radius 2 is 1.89 bits per heavy atom. The van der Waals surface area contributed by atoms with E-state index in [1.807, 2.05) is 0 Å². The summed E-state index contributed by atoms with van der Waals surface area (Å²) in [7, 11) is 0. The number of rotatable bonds is 8. The lowest BCUT2D eigenvalue weighted by molar-refractivity contribution is -0.137. The van der Waals surface area contributed by atoms with E-state index in [0.29, 0.717) is 11.4 Å². The van der Waals surface area contributed by atoms with E-state index in [0.717, 1.165) is 0 Å². The molecule has 8 nitrogen and oxygen atoms in total. The molecule has 0 spiro atoms. The summed E-state index contributed by atoms with van der Waals surface area (Å²) >= 11 is 0. The lowest BCUT2D eigenvalue weighted by atomic mass is 10.2. The van der Waals surface area contributed by atoms with Crippen molar-refractivity contribution in [2.45, 2.75) is 39.8 Å². The Kier molecular flexibility index (Phi) is 6.43. The number of carbonyl (C=O) groups is 2. The molecule has 0 aliphatic carbocycles. The highest BCUT2D eigenvalue weighted by atomic mass is 19.3. The summed E-state index contributed by atoms with van der Waals surface area (Å²) in [6, 6.07) is 5.53. The molecule has 27 heavy (non-hydrogen) atoms. The van der Waals surface area contributed by atoms with Crippen LogP contribution in [0.5, 0.6) is 5.75 Å². The van der Waals surface area contributed by atoms with Crippen molar-refractivity contribution in [1.82, 2.24) is 19.9 Å². The summed E-state index contributed by atoms with van der Waals surface area (Å²) < 4.78 is 30.1. The van der Waals surface area contributed by atoms with Gasteiger partial charge in [0.1, 0.15) is 5.75 Å². The zero-order chi connectivity index (χ0) is 20.1. The fourth-order valence-electron chi connectivity index (χ4n) is 2.49. The number of ether oxygens (including phenoxy) is 1. The molecule has 2 rings (SSSR count). The Hall–Kier alpha value is -3.04. The Morgan fingerprint density at radius 1 is 1.26 bits per heavy atom. The lowest BCUT2D eigenvalue weighted by Crippen LogP contribution is -2.39. The fourth-order valence-corrected chi connectivity index (χ4v) is 2.49. The third-order valence-corrected chi connectivity index (χ3v) is 3.85. The Morgan fingerprint density at radius 3 is 2.41 bits per heavy atom. The van der Waals surface area contributed by atoms with Gasteiger partial charge in [0.15, 0.2) is 5.69 Å². The summed E-state index contributed by atoms with van der Waals surface area (Å²) in [6.07, 6.45) is -0.178. The van der Waals surface area contributed by atoms with Gasteiger partial charge in [0.25, 0.3) is 5.91 Å². The second kappa shape index (κ2) is 8.56. The van der Waals surface area contributed by atoms with Crippen LogP contribution in [0.2, 0.25) is 0 Å². The molecule has 1 aromatic carbocycles. The Labute approximate surface area is 154 Å². The van der Waals surface area contributed by atoms with Gasteiger partial charge in [-0.25, -0.2) is 4.68 Å². The van der Waals surface area contributed by atoms with Gasteiger partial charge in [-0.1, -0.05) is 5.21 Å². The zero-order valence-corrected chi connectivity index (χ0v) is 15.1. The van der Waals surface area contributed by atoms with E-state index in [1.165, 1.54) is 33.8 Å². The maximum atomic E-state index is 12.8. The normalized spacial score (nSPS) is 11.1. The number of nitrogens with zero attached hydrogens (tertiary/aromatic N) is 4. The summed E-state index contributed by atoms with van der Waals surface area (Å²) in [5.41, 5.74) is 1.06. The molecule has 0 atom stereocenters. The fraction of sp³-hybridized carbons (Fsp3) is 0.412. The van der Waals surface area contributed by atoms with E-state index < -0.39 is 18.5 Å². The molecule has 0 saturated carbocycles. The number of aromatic nitrogens is 3. The van der Waals surface area contributed by atoms with Crippen molar-refractivity contribution >= 4 is 11.9 Å². The van der Waals surface area contributed by atoms with Crippen LogP contribution in [0, 0.1) is 6.92 Å². The van der Waals surface area contributed by atoms with Gasteiger partial charge in [-0.15, -0.1) is 5.10 Å². The van der Waals surface area contributed by atoms with Crippen molar-refractivity contribution in [3.8, 4) is 11.4 Å². The number of carbonyl (C=O) groups excluding carboxylic acids is 1. The molecule has 146 valence electrons. The van der Waals surface area contributed by atoms with Crippen molar-refractivity contribution in [2.75, 3.05) is 6.54 Å². The summed E-state index contributed by atoms with van der Waals surface area (Å²) in [5.74, 6) is -1.42. The summed E-state index contributed by atoms with van der Waals surface area (Å²) in [4.78, 5) is 25.0. The molecule has 10 heteroatoms. The third-order valence-electron chi connectivity index (χ3n) is 3.85. The van der Waals surface area contributed by atoms with Gasteiger partial charge in [0.05, 0.1) is 17.8 Å². The second-order valence-corrected chi connectivity index (χ2v) is 6.04. The topological polar surface area (TPSA) is 97.5 Å². The van der Waals surface area contributed by atoms with Crippen LogP contribution in [0.4, 0.5) is 8.78 Å². The molecule has 1 heterocycles. The minimum Gasteiger partial charge on any atom is -0.481 e. The first-order valence-corrected chi connectivity index (χ1v) is 8.21. The van der Waals surface area contributed by atoms with Crippen molar-refractivity contribution in [3.05, 3.63) is 35.7 Å². The number of hydrogen-bond donors (Lipinski definition) is 1. The number of alkyl halides is 2. The molecule has 1 amide bonds. The highest BCUT2D eigenvalue weighted by molar-refractivity contribution is 5.93. The Bertz CT molecular complexity index is 806. The van der Waals surface area contributed by atoms with E-state index in [9.17, 15) is 18.4 Å². The van der Waals surface area contributed by atoms with Gasteiger partial charge in [-0.2, -0.15) is 8.78 Å². The minimum atomic E-state index is -2.92. The van der Waals surface area contributed by atoms with E-state index in [-0.39, 0.29) is 30.5 Å². The van der Waals surface area contributed by atoms with E-state index >= 15 is 0 Å². The predicted molar refractivity (Wildman–Crippen MR) is 91.2 cm³/mol. The molecular weight excluding hydrogens is 362 g/mol. The molecule has 1 N–H and O–H groups in total. The number of halogens is 2. The first-order chi connectivity index (χ1) is 12.7. The van der Waals surface area contributed by atoms with Crippen molar-refractivity contribution in [3.63, 3.8) is 0 Å². The largest absolute Gasteiger partial charge is 0.481 e. The molecule has 2 aromatic rings.